The lowest BCUT2D eigenvalue weighted by molar-refractivity contribution is 0.0757. The Labute approximate surface area is 76.6 Å². The lowest BCUT2D eigenvalue weighted by atomic mass is 10.4. The van der Waals surface area contributed by atoms with Gasteiger partial charge in [-0.25, -0.2) is 4.98 Å². The van der Waals surface area contributed by atoms with Crippen LogP contribution in [0.15, 0.2) is 12.5 Å². The van der Waals surface area contributed by atoms with Crippen LogP contribution in [-0.4, -0.2) is 45.7 Å². The summed E-state index contributed by atoms with van der Waals surface area (Å²) in [5, 5.41) is 8.64. The van der Waals surface area contributed by atoms with Crippen LogP contribution >= 0.6 is 0 Å². The highest BCUT2D eigenvalue weighted by molar-refractivity contribution is 5.92. The largest absolute Gasteiger partial charge is 0.395 e. The van der Waals surface area contributed by atoms with Gasteiger partial charge in [-0.3, -0.25) is 4.79 Å². The maximum absolute atomic E-state index is 11.6. The lowest BCUT2D eigenvalue weighted by Crippen LogP contribution is -2.30. The standard InChI is InChI=1S/C8H13N3O2/c1-10(3-4-12)8(13)7-5-9-6-11(7)2/h5-6,12H,3-4H2,1-2H3. The molecule has 5 heteroatoms. The van der Waals surface area contributed by atoms with Crippen molar-refractivity contribution in [2.75, 3.05) is 20.2 Å². The van der Waals surface area contributed by atoms with Crippen LogP contribution < -0.4 is 0 Å². The highest BCUT2D eigenvalue weighted by atomic mass is 16.3. The first-order valence-electron chi connectivity index (χ1n) is 3.99. The summed E-state index contributed by atoms with van der Waals surface area (Å²) in [5.74, 6) is -0.131. The fraction of sp³-hybridized carbons (Fsp3) is 0.500. The van der Waals surface area contributed by atoms with E-state index in [4.69, 9.17) is 5.11 Å². The van der Waals surface area contributed by atoms with Gasteiger partial charge in [0.1, 0.15) is 5.69 Å². The summed E-state index contributed by atoms with van der Waals surface area (Å²) < 4.78 is 1.65. The van der Waals surface area contributed by atoms with Crippen molar-refractivity contribution in [3.05, 3.63) is 18.2 Å². The molecule has 13 heavy (non-hydrogen) atoms. The van der Waals surface area contributed by atoms with E-state index in [2.05, 4.69) is 4.98 Å². The minimum atomic E-state index is -0.131. The molecule has 0 saturated carbocycles. The number of carbonyl (C=O) groups excluding carboxylic acids is 1. The van der Waals surface area contributed by atoms with Crippen LogP contribution in [0.25, 0.3) is 0 Å². The third-order valence-corrected chi connectivity index (χ3v) is 1.82. The first-order chi connectivity index (χ1) is 6.16. The Morgan fingerprint density at radius 1 is 1.77 bits per heavy atom. The van der Waals surface area contributed by atoms with Gasteiger partial charge in [0.05, 0.1) is 19.1 Å². The Balaban J connectivity index is 2.73. The number of likely N-dealkylation sites (N-methyl/N-ethyl adjacent to an activating group) is 1. The SMILES string of the molecule is CN(CCO)C(=O)c1cncn1C. The molecule has 0 aliphatic carbocycles. The molecule has 0 radical (unpaired) electrons. The summed E-state index contributed by atoms with van der Waals surface area (Å²) in [7, 11) is 3.40. The van der Waals surface area contributed by atoms with Crippen LogP contribution in [0.1, 0.15) is 10.5 Å². The average molecular weight is 183 g/mol. The number of aliphatic hydroxyl groups excluding tert-OH is 1. The van der Waals surface area contributed by atoms with Gasteiger partial charge in [-0.15, -0.1) is 0 Å². The van der Waals surface area contributed by atoms with Gasteiger partial charge in [0, 0.05) is 20.6 Å². The van der Waals surface area contributed by atoms with E-state index in [9.17, 15) is 4.79 Å². The van der Waals surface area contributed by atoms with Crippen molar-refractivity contribution >= 4 is 5.91 Å². The van der Waals surface area contributed by atoms with Crippen LogP contribution in [0.3, 0.4) is 0 Å². The number of aliphatic hydroxyl groups is 1. The second-order valence-corrected chi connectivity index (χ2v) is 2.84. The number of hydrogen-bond acceptors (Lipinski definition) is 3. The highest BCUT2D eigenvalue weighted by Gasteiger charge is 2.13. The molecule has 1 aromatic rings. The van der Waals surface area contributed by atoms with Gasteiger partial charge in [0.25, 0.3) is 5.91 Å². The number of imidazole rings is 1. The van der Waals surface area contributed by atoms with Gasteiger partial charge in [-0.1, -0.05) is 0 Å². The normalized spacial score (nSPS) is 10.1. The zero-order chi connectivity index (χ0) is 9.84. The molecular weight excluding hydrogens is 170 g/mol. The molecule has 0 unspecified atom stereocenters. The lowest BCUT2D eigenvalue weighted by Gasteiger charge is -2.15. The molecule has 0 fully saturated rings. The third-order valence-electron chi connectivity index (χ3n) is 1.82. The fourth-order valence-electron chi connectivity index (χ4n) is 1.01. The van der Waals surface area contributed by atoms with Gasteiger partial charge in [-0.05, 0) is 0 Å². The molecule has 0 aliphatic heterocycles. The van der Waals surface area contributed by atoms with Crippen LogP contribution in [-0.2, 0) is 7.05 Å². The van der Waals surface area contributed by atoms with Crippen molar-refractivity contribution in [2.45, 2.75) is 0 Å². The molecule has 0 aromatic carbocycles. The first-order valence-corrected chi connectivity index (χ1v) is 3.99. The molecule has 0 bridgehead atoms. The minimum absolute atomic E-state index is 0.0277. The second kappa shape index (κ2) is 4.04. The summed E-state index contributed by atoms with van der Waals surface area (Å²) in [6, 6.07) is 0. The van der Waals surface area contributed by atoms with E-state index in [1.165, 1.54) is 11.1 Å². The molecule has 0 aliphatic rings. The number of carbonyl (C=O) groups is 1. The molecule has 1 heterocycles. The van der Waals surface area contributed by atoms with Crippen molar-refractivity contribution in [1.82, 2.24) is 14.5 Å². The zero-order valence-electron chi connectivity index (χ0n) is 7.77. The Kier molecular flexibility index (Phi) is 3.02. The van der Waals surface area contributed by atoms with E-state index in [0.29, 0.717) is 12.2 Å². The molecule has 1 rings (SSSR count). The topological polar surface area (TPSA) is 58.4 Å². The molecule has 0 spiro atoms. The van der Waals surface area contributed by atoms with Gasteiger partial charge in [0.15, 0.2) is 0 Å². The van der Waals surface area contributed by atoms with Crippen molar-refractivity contribution in [3.63, 3.8) is 0 Å². The van der Waals surface area contributed by atoms with Crippen molar-refractivity contribution in [2.24, 2.45) is 7.05 Å². The molecule has 1 aromatic heterocycles. The minimum Gasteiger partial charge on any atom is -0.395 e. The second-order valence-electron chi connectivity index (χ2n) is 2.84. The molecular formula is C8H13N3O2. The molecule has 0 saturated heterocycles. The Morgan fingerprint density at radius 2 is 2.46 bits per heavy atom. The summed E-state index contributed by atoms with van der Waals surface area (Å²) in [5.41, 5.74) is 0.524. The van der Waals surface area contributed by atoms with Gasteiger partial charge in [0.2, 0.25) is 0 Å². The summed E-state index contributed by atoms with van der Waals surface area (Å²) in [4.78, 5) is 16.9. The van der Waals surface area contributed by atoms with E-state index < -0.39 is 0 Å². The number of amides is 1. The third kappa shape index (κ3) is 2.06. The van der Waals surface area contributed by atoms with Crippen LogP contribution in [0, 0.1) is 0 Å². The smallest absolute Gasteiger partial charge is 0.271 e. The Bertz CT molecular complexity index is 295. The Hall–Kier alpha value is -1.36. The maximum Gasteiger partial charge on any atom is 0.271 e. The number of aromatic nitrogens is 2. The van der Waals surface area contributed by atoms with Gasteiger partial charge in [-0.2, -0.15) is 0 Å². The van der Waals surface area contributed by atoms with Crippen molar-refractivity contribution in [1.29, 1.82) is 0 Å². The summed E-state index contributed by atoms with van der Waals surface area (Å²) in [6.45, 7) is 0.310. The number of hydrogen-bond donors (Lipinski definition) is 1. The van der Waals surface area contributed by atoms with E-state index in [-0.39, 0.29) is 12.5 Å². The molecule has 1 N–H and O–H groups in total. The molecule has 0 atom stereocenters. The molecule has 5 nitrogen and oxygen atoms in total. The van der Waals surface area contributed by atoms with E-state index in [1.54, 1.807) is 25.0 Å². The van der Waals surface area contributed by atoms with Gasteiger partial charge < -0.3 is 14.6 Å². The number of nitrogens with zero attached hydrogens (tertiary/aromatic N) is 3. The van der Waals surface area contributed by atoms with E-state index >= 15 is 0 Å². The molecule has 1 amide bonds. The average Bonchev–Trinajstić information content (AvgIpc) is 2.50. The van der Waals surface area contributed by atoms with Crippen molar-refractivity contribution in [3.8, 4) is 0 Å². The van der Waals surface area contributed by atoms with Crippen LogP contribution in [0.5, 0.6) is 0 Å². The zero-order valence-corrected chi connectivity index (χ0v) is 7.77. The summed E-state index contributed by atoms with van der Waals surface area (Å²) >= 11 is 0. The van der Waals surface area contributed by atoms with Crippen LogP contribution in [0.4, 0.5) is 0 Å². The molecule has 72 valence electrons. The predicted molar refractivity (Wildman–Crippen MR) is 47.3 cm³/mol. The van der Waals surface area contributed by atoms with Crippen LogP contribution in [0.2, 0.25) is 0 Å². The Morgan fingerprint density at radius 3 is 2.92 bits per heavy atom. The number of aryl methyl sites for hydroxylation is 1. The van der Waals surface area contributed by atoms with Crippen molar-refractivity contribution < 1.29 is 9.90 Å². The monoisotopic (exact) mass is 183 g/mol. The van der Waals surface area contributed by atoms with E-state index in [0.717, 1.165) is 0 Å². The number of rotatable bonds is 3. The fourth-order valence-corrected chi connectivity index (χ4v) is 1.01. The first kappa shape index (κ1) is 9.73. The van der Waals surface area contributed by atoms with Gasteiger partial charge >= 0.3 is 0 Å². The van der Waals surface area contributed by atoms with E-state index in [1.807, 2.05) is 0 Å². The summed E-state index contributed by atoms with van der Waals surface area (Å²) in [6.07, 6.45) is 3.08. The predicted octanol–water partition coefficient (Wildman–Crippen LogP) is -0.516. The quantitative estimate of drug-likeness (QED) is 0.686. The highest BCUT2D eigenvalue weighted by Crippen LogP contribution is 2.00. The maximum atomic E-state index is 11.6.